The highest BCUT2D eigenvalue weighted by atomic mass is 32.2. The van der Waals surface area contributed by atoms with Crippen molar-refractivity contribution in [1.29, 1.82) is 0 Å². The Labute approximate surface area is 134 Å². The first-order valence-electron chi connectivity index (χ1n) is 6.87. The molecule has 0 saturated carbocycles. The fraction of sp³-hybridized carbons (Fsp3) is 0.176. The minimum absolute atomic E-state index is 0.178. The number of sulfone groups is 1. The molecule has 23 heavy (non-hydrogen) atoms. The minimum atomic E-state index is -3.29. The Morgan fingerprint density at radius 2 is 1.70 bits per heavy atom. The van der Waals surface area contributed by atoms with Crippen LogP contribution in [0.5, 0.6) is 0 Å². The lowest BCUT2D eigenvalue weighted by atomic mass is 10.0. The fourth-order valence-electron chi connectivity index (χ4n) is 2.10. The van der Waals surface area contributed by atoms with Crippen LogP contribution in [0.4, 0.5) is 4.39 Å². The third kappa shape index (κ3) is 4.48. The largest absolute Gasteiger partial charge is 0.392 e. The number of halogens is 1. The first kappa shape index (κ1) is 17.3. The highest BCUT2D eigenvalue weighted by molar-refractivity contribution is 7.90. The molecule has 122 valence electrons. The van der Waals surface area contributed by atoms with Gasteiger partial charge in [-0.3, -0.25) is 0 Å². The summed E-state index contributed by atoms with van der Waals surface area (Å²) in [5, 5.41) is 19.6. The van der Waals surface area contributed by atoms with Crippen LogP contribution in [0.2, 0.25) is 0 Å². The summed E-state index contributed by atoms with van der Waals surface area (Å²) in [6.45, 7) is -0.323. The molecule has 0 aliphatic heterocycles. The van der Waals surface area contributed by atoms with E-state index in [0.29, 0.717) is 16.7 Å². The van der Waals surface area contributed by atoms with Crippen molar-refractivity contribution < 1.29 is 23.0 Å². The molecule has 2 aromatic rings. The summed E-state index contributed by atoms with van der Waals surface area (Å²) in [7, 11) is -3.29. The van der Waals surface area contributed by atoms with Gasteiger partial charge in [-0.05, 0) is 47.0 Å². The van der Waals surface area contributed by atoms with E-state index in [2.05, 4.69) is 0 Å². The average Bonchev–Trinajstić information content (AvgIpc) is 2.52. The number of hydrogen-bond donors (Lipinski definition) is 2. The van der Waals surface area contributed by atoms with E-state index in [0.717, 1.165) is 6.26 Å². The Morgan fingerprint density at radius 3 is 2.17 bits per heavy atom. The summed E-state index contributed by atoms with van der Waals surface area (Å²) in [4.78, 5) is 0.178. The number of aliphatic hydroxyl groups is 2. The van der Waals surface area contributed by atoms with Crippen LogP contribution >= 0.6 is 0 Å². The molecule has 6 heteroatoms. The van der Waals surface area contributed by atoms with Crippen LogP contribution in [0.1, 0.15) is 17.2 Å². The van der Waals surface area contributed by atoms with E-state index in [1.165, 1.54) is 42.5 Å². The number of benzene rings is 2. The van der Waals surface area contributed by atoms with Gasteiger partial charge in [-0.15, -0.1) is 0 Å². The predicted octanol–water partition coefficient (Wildman–Crippen LogP) is 2.34. The fourth-order valence-corrected chi connectivity index (χ4v) is 2.73. The second kappa shape index (κ2) is 7.04. The zero-order valence-corrected chi connectivity index (χ0v) is 13.3. The van der Waals surface area contributed by atoms with Crippen LogP contribution < -0.4 is 0 Å². The maximum Gasteiger partial charge on any atom is 0.175 e. The normalized spacial score (nSPS) is 13.8. The summed E-state index contributed by atoms with van der Waals surface area (Å²) in [5.41, 5.74) is 1.54. The molecule has 2 aromatic carbocycles. The Bertz CT molecular complexity index is 793. The van der Waals surface area contributed by atoms with Gasteiger partial charge in [0.25, 0.3) is 0 Å². The third-order valence-corrected chi connectivity index (χ3v) is 4.52. The van der Waals surface area contributed by atoms with Crippen LogP contribution in [0.25, 0.3) is 5.57 Å². The standard InChI is InChI=1S/C17H17FO4S/c1-23(21,22)16-8-4-12(5-9-16)14(11-19)10-17(20)13-2-6-15(18)7-3-13/h2-10,17,19-20H,11H2,1H3. The molecule has 0 aliphatic rings. The maximum absolute atomic E-state index is 12.9. The predicted molar refractivity (Wildman–Crippen MR) is 86.0 cm³/mol. The molecule has 0 heterocycles. The molecule has 0 bridgehead atoms. The van der Waals surface area contributed by atoms with Crippen molar-refractivity contribution in [2.45, 2.75) is 11.0 Å². The van der Waals surface area contributed by atoms with Crippen molar-refractivity contribution in [3.63, 3.8) is 0 Å². The monoisotopic (exact) mass is 336 g/mol. The molecule has 0 amide bonds. The van der Waals surface area contributed by atoms with Gasteiger partial charge >= 0.3 is 0 Å². The van der Waals surface area contributed by atoms with Gasteiger partial charge in [-0.2, -0.15) is 0 Å². The highest BCUT2D eigenvalue weighted by Crippen LogP contribution is 2.22. The molecule has 4 nitrogen and oxygen atoms in total. The van der Waals surface area contributed by atoms with Gasteiger partial charge < -0.3 is 10.2 Å². The van der Waals surface area contributed by atoms with Crippen LogP contribution in [0, 0.1) is 5.82 Å². The smallest absolute Gasteiger partial charge is 0.175 e. The van der Waals surface area contributed by atoms with Crippen molar-refractivity contribution in [3.8, 4) is 0 Å². The number of hydrogen-bond acceptors (Lipinski definition) is 4. The Kier molecular flexibility index (Phi) is 5.30. The van der Waals surface area contributed by atoms with Crippen LogP contribution in [0.3, 0.4) is 0 Å². The van der Waals surface area contributed by atoms with Gasteiger partial charge in [-0.25, -0.2) is 12.8 Å². The molecular formula is C17H17FO4S. The summed E-state index contributed by atoms with van der Waals surface area (Å²) in [6, 6.07) is 11.4. The topological polar surface area (TPSA) is 74.6 Å². The van der Waals surface area contributed by atoms with Gasteiger partial charge in [0.05, 0.1) is 17.6 Å². The maximum atomic E-state index is 12.9. The van der Waals surface area contributed by atoms with Crippen LogP contribution in [0.15, 0.2) is 59.5 Å². The molecule has 1 unspecified atom stereocenters. The third-order valence-electron chi connectivity index (χ3n) is 3.39. The second-order valence-electron chi connectivity index (χ2n) is 5.14. The van der Waals surface area contributed by atoms with Gasteiger partial charge in [0.15, 0.2) is 9.84 Å². The molecule has 2 rings (SSSR count). The number of aliphatic hydroxyl groups excluding tert-OH is 2. The zero-order chi connectivity index (χ0) is 17.0. The molecule has 0 aliphatic carbocycles. The molecule has 0 radical (unpaired) electrons. The van der Waals surface area contributed by atoms with Crippen LogP contribution in [-0.2, 0) is 9.84 Å². The summed E-state index contributed by atoms with van der Waals surface area (Å²) >= 11 is 0. The van der Waals surface area contributed by atoms with E-state index >= 15 is 0 Å². The van der Waals surface area contributed by atoms with Crippen LogP contribution in [-0.4, -0.2) is 31.5 Å². The summed E-state index contributed by atoms with van der Waals surface area (Å²) in [5.74, 6) is -0.399. The first-order valence-corrected chi connectivity index (χ1v) is 8.76. The molecule has 1 atom stereocenters. The van der Waals surface area contributed by atoms with Gasteiger partial charge in [-0.1, -0.05) is 24.3 Å². The van der Waals surface area contributed by atoms with Crippen molar-refractivity contribution in [1.82, 2.24) is 0 Å². The lowest BCUT2D eigenvalue weighted by Gasteiger charge is -2.11. The van der Waals surface area contributed by atoms with Gasteiger partial charge in [0.2, 0.25) is 0 Å². The highest BCUT2D eigenvalue weighted by Gasteiger charge is 2.10. The molecular weight excluding hydrogens is 319 g/mol. The summed E-state index contributed by atoms with van der Waals surface area (Å²) < 4.78 is 35.8. The Hall–Kier alpha value is -2.02. The zero-order valence-electron chi connectivity index (χ0n) is 12.5. The minimum Gasteiger partial charge on any atom is -0.392 e. The molecule has 0 fully saturated rings. The van der Waals surface area contributed by atoms with Crippen molar-refractivity contribution in [2.24, 2.45) is 0 Å². The quantitative estimate of drug-likeness (QED) is 0.879. The van der Waals surface area contributed by atoms with E-state index in [1.54, 1.807) is 12.1 Å². The van der Waals surface area contributed by atoms with E-state index in [4.69, 9.17) is 0 Å². The van der Waals surface area contributed by atoms with Gasteiger partial charge in [0.1, 0.15) is 5.82 Å². The van der Waals surface area contributed by atoms with Crippen molar-refractivity contribution in [2.75, 3.05) is 12.9 Å². The number of rotatable bonds is 5. The average molecular weight is 336 g/mol. The van der Waals surface area contributed by atoms with E-state index < -0.39 is 21.8 Å². The molecule has 0 saturated heterocycles. The van der Waals surface area contributed by atoms with Crippen molar-refractivity contribution in [3.05, 3.63) is 71.6 Å². The second-order valence-corrected chi connectivity index (χ2v) is 7.16. The van der Waals surface area contributed by atoms with E-state index in [9.17, 15) is 23.0 Å². The van der Waals surface area contributed by atoms with E-state index in [-0.39, 0.29) is 11.5 Å². The van der Waals surface area contributed by atoms with E-state index in [1.807, 2.05) is 0 Å². The summed E-state index contributed by atoms with van der Waals surface area (Å²) in [6.07, 6.45) is 1.55. The van der Waals surface area contributed by atoms with Gasteiger partial charge in [0, 0.05) is 6.26 Å². The lowest BCUT2D eigenvalue weighted by Crippen LogP contribution is -2.00. The Morgan fingerprint density at radius 1 is 1.13 bits per heavy atom. The molecule has 2 N–H and O–H groups in total. The lowest BCUT2D eigenvalue weighted by molar-refractivity contribution is 0.228. The SMILES string of the molecule is CS(=O)(=O)c1ccc(C(=CC(O)c2ccc(F)cc2)CO)cc1. The molecule has 0 aromatic heterocycles. The first-order chi connectivity index (χ1) is 10.8. The van der Waals surface area contributed by atoms with Crippen molar-refractivity contribution >= 4 is 15.4 Å². The molecule has 0 spiro atoms. The Balaban J connectivity index is 2.29.